The van der Waals surface area contributed by atoms with E-state index in [-0.39, 0.29) is 5.91 Å². The Kier molecular flexibility index (Phi) is 7.06. The molecule has 1 heterocycles. The molecule has 4 nitrogen and oxygen atoms in total. The smallest absolute Gasteiger partial charge is 0.225 e. The molecule has 1 aromatic carbocycles. The molecule has 1 saturated heterocycles. The Morgan fingerprint density at radius 2 is 1.57 bits per heavy atom. The van der Waals surface area contributed by atoms with E-state index in [1.165, 1.54) is 11.1 Å². The summed E-state index contributed by atoms with van der Waals surface area (Å²) in [6.07, 6.45) is 2.47. The molecule has 128 valence electrons. The van der Waals surface area contributed by atoms with Crippen LogP contribution in [0.15, 0.2) is 18.2 Å². The molecule has 0 saturated carbocycles. The molecule has 1 aromatic rings. The van der Waals surface area contributed by atoms with Crippen LogP contribution in [0, 0.1) is 0 Å². The number of aryl methyl sites for hydroxylation is 2. The van der Waals surface area contributed by atoms with Crippen LogP contribution in [0.5, 0.6) is 0 Å². The highest BCUT2D eigenvalue weighted by atomic mass is 16.1. The van der Waals surface area contributed by atoms with E-state index in [4.69, 9.17) is 0 Å². The molecule has 1 aliphatic heterocycles. The summed E-state index contributed by atoms with van der Waals surface area (Å²) in [7, 11) is 0. The van der Waals surface area contributed by atoms with Crippen LogP contribution in [0.4, 0.5) is 5.69 Å². The van der Waals surface area contributed by atoms with Gasteiger partial charge in [0.25, 0.3) is 0 Å². The van der Waals surface area contributed by atoms with Crippen molar-refractivity contribution in [2.75, 3.05) is 44.6 Å². The number of likely N-dealkylation sites (N-methyl/N-ethyl adjacent to an activating group) is 1. The zero-order chi connectivity index (χ0) is 16.7. The van der Waals surface area contributed by atoms with Gasteiger partial charge < -0.3 is 15.1 Å². The van der Waals surface area contributed by atoms with Gasteiger partial charge in [-0.15, -0.1) is 0 Å². The molecule has 0 atom stereocenters. The van der Waals surface area contributed by atoms with Crippen LogP contribution in [0.3, 0.4) is 0 Å². The molecule has 0 radical (unpaired) electrons. The largest absolute Gasteiger partial charge is 0.326 e. The first kappa shape index (κ1) is 18.0. The fraction of sp³-hybridized carbons (Fsp3) is 0.632. The molecular formula is C19H31N3O. The van der Waals surface area contributed by atoms with Crippen LogP contribution in [0.25, 0.3) is 0 Å². The predicted octanol–water partition coefficient (Wildman–Crippen LogP) is 2.78. The number of anilines is 1. The second kappa shape index (κ2) is 9.04. The van der Waals surface area contributed by atoms with E-state index in [2.05, 4.69) is 54.1 Å². The molecule has 0 aromatic heterocycles. The highest BCUT2D eigenvalue weighted by Crippen LogP contribution is 2.22. The summed E-state index contributed by atoms with van der Waals surface area (Å²) < 4.78 is 0. The topological polar surface area (TPSA) is 35.6 Å². The minimum atomic E-state index is 0.138. The average molecular weight is 317 g/mol. The Labute approximate surface area is 140 Å². The zero-order valence-electron chi connectivity index (χ0n) is 14.9. The minimum Gasteiger partial charge on any atom is -0.326 e. The van der Waals surface area contributed by atoms with Gasteiger partial charge in [-0.25, -0.2) is 0 Å². The summed E-state index contributed by atoms with van der Waals surface area (Å²) in [6.45, 7) is 12.9. The Bertz CT molecular complexity index is 485. The van der Waals surface area contributed by atoms with Crippen molar-refractivity contribution in [3.8, 4) is 0 Å². The second-order valence-corrected chi connectivity index (χ2v) is 6.23. The number of rotatable bonds is 7. The molecule has 1 fully saturated rings. The SMILES string of the molecule is CCc1cccc(CC)c1NC(=O)CCN1CCN(CC)CC1. The zero-order valence-corrected chi connectivity index (χ0v) is 14.9. The van der Waals surface area contributed by atoms with Crippen molar-refractivity contribution in [1.29, 1.82) is 0 Å². The number of hydrogen-bond donors (Lipinski definition) is 1. The van der Waals surface area contributed by atoms with Gasteiger partial charge in [0.2, 0.25) is 5.91 Å². The third-order valence-corrected chi connectivity index (χ3v) is 4.83. The predicted molar refractivity (Wildman–Crippen MR) is 97.0 cm³/mol. The highest BCUT2D eigenvalue weighted by molar-refractivity contribution is 5.92. The number of hydrogen-bond acceptors (Lipinski definition) is 3. The summed E-state index contributed by atoms with van der Waals surface area (Å²) in [5.74, 6) is 0.138. The lowest BCUT2D eigenvalue weighted by molar-refractivity contribution is -0.116. The Morgan fingerprint density at radius 1 is 1.00 bits per heavy atom. The Hall–Kier alpha value is -1.39. The van der Waals surface area contributed by atoms with Gasteiger partial charge in [0, 0.05) is 44.8 Å². The summed E-state index contributed by atoms with van der Waals surface area (Å²) >= 11 is 0. The first-order chi connectivity index (χ1) is 11.2. The number of nitrogens with zero attached hydrogens (tertiary/aromatic N) is 2. The monoisotopic (exact) mass is 317 g/mol. The van der Waals surface area contributed by atoms with Crippen molar-refractivity contribution in [3.63, 3.8) is 0 Å². The lowest BCUT2D eigenvalue weighted by Crippen LogP contribution is -2.46. The van der Waals surface area contributed by atoms with E-state index < -0.39 is 0 Å². The van der Waals surface area contributed by atoms with Crippen molar-refractivity contribution < 1.29 is 4.79 Å². The molecule has 23 heavy (non-hydrogen) atoms. The van der Waals surface area contributed by atoms with Gasteiger partial charge in [-0.1, -0.05) is 39.0 Å². The van der Waals surface area contributed by atoms with E-state index in [1.807, 2.05) is 0 Å². The van der Waals surface area contributed by atoms with Crippen molar-refractivity contribution >= 4 is 11.6 Å². The second-order valence-electron chi connectivity index (χ2n) is 6.23. The van der Waals surface area contributed by atoms with E-state index in [1.54, 1.807) is 0 Å². The third-order valence-electron chi connectivity index (χ3n) is 4.83. The van der Waals surface area contributed by atoms with Gasteiger partial charge in [-0.05, 0) is 30.5 Å². The molecular weight excluding hydrogens is 286 g/mol. The molecule has 0 aliphatic carbocycles. The lowest BCUT2D eigenvalue weighted by Gasteiger charge is -2.33. The van der Waals surface area contributed by atoms with Crippen LogP contribution >= 0.6 is 0 Å². The Balaban J connectivity index is 1.86. The molecule has 1 amide bonds. The van der Waals surface area contributed by atoms with Gasteiger partial charge in [0.05, 0.1) is 0 Å². The number of carbonyl (C=O) groups is 1. The molecule has 0 unspecified atom stereocenters. The molecule has 1 N–H and O–H groups in total. The highest BCUT2D eigenvalue weighted by Gasteiger charge is 2.16. The summed E-state index contributed by atoms with van der Waals surface area (Å²) in [5.41, 5.74) is 3.50. The van der Waals surface area contributed by atoms with Gasteiger partial charge in [0.15, 0.2) is 0 Å². The number of carbonyl (C=O) groups excluding carboxylic acids is 1. The Morgan fingerprint density at radius 3 is 2.09 bits per heavy atom. The summed E-state index contributed by atoms with van der Waals surface area (Å²) in [4.78, 5) is 17.2. The quantitative estimate of drug-likeness (QED) is 0.840. The van der Waals surface area contributed by atoms with Gasteiger partial charge in [-0.2, -0.15) is 0 Å². The average Bonchev–Trinajstić information content (AvgIpc) is 2.60. The maximum atomic E-state index is 12.4. The standard InChI is InChI=1S/C19H31N3O/c1-4-16-8-7-9-17(5-2)19(16)20-18(23)10-11-22-14-12-21(6-3)13-15-22/h7-9H,4-6,10-15H2,1-3H3,(H,20,23). The minimum absolute atomic E-state index is 0.138. The number of piperazine rings is 1. The van der Waals surface area contributed by atoms with E-state index in [9.17, 15) is 4.79 Å². The molecule has 0 spiro atoms. The lowest BCUT2D eigenvalue weighted by atomic mass is 10.0. The van der Waals surface area contributed by atoms with E-state index in [0.29, 0.717) is 6.42 Å². The molecule has 1 aliphatic rings. The van der Waals surface area contributed by atoms with E-state index in [0.717, 1.165) is 57.8 Å². The number of benzene rings is 1. The van der Waals surface area contributed by atoms with Crippen molar-refractivity contribution in [3.05, 3.63) is 29.3 Å². The van der Waals surface area contributed by atoms with Gasteiger partial charge in [-0.3, -0.25) is 4.79 Å². The van der Waals surface area contributed by atoms with Crippen LogP contribution in [0.1, 0.15) is 38.3 Å². The molecule has 4 heteroatoms. The number of para-hydroxylation sites is 1. The number of nitrogens with one attached hydrogen (secondary N) is 1. The van der Waals surface area contributed by atoms with Crippen LogP contribution in [-0.4, -0.2) is 55.0 Å². The summed E-state index contributed by atoms with van der Waals surface area (Å²) in [6, 6.07) is 6.30. The van der Waals surface area contributed by atoms with Crippen molar-refractivity contribution in [2.24, 2.45) is 0 Å². The van der Waals surface area contributed by atoms with E-state index >= 15 is 0 Å². The molecule has 0 bridgehead atoms. The van der Waals surface area contributed by atoms with Gasteiger partial charge in [0.1, 0.15) is 0 Å². The van der Waals surface area contributed by atoms with Crippen molar-refractivity contribution in [1.82, 2.24) is 9.80 Å². The third kappa shape index (κ3) is 5.05. The van der Waals surface area contributed by atoms with Crippen molar-refractivity contribution in [2.45, 2.75) is 40.0 Å². The fourth-order valence-electron chi connectivity index (χ4n) is 3.19. The van der Waals surface area contributed by atoms with Crippen LogP contribution in [0.2, 0.25) is 0 Å². The van der Waals surface area contributed by atoms with Crippen LogP contribution < -0.4 is 5.32 Å². The first-order valence-corrected chi connectivity index (χ1v) is 9.03. The number of amides is 1. The maximum Gasteiger partial charge on any atom is 0.225 e. The summed E-state index contributed by atoms with van der Waals surface area (Å²) in [5, 5.41) is 3.16. The molecule has 2 rings (SSSR count). The maximum absolute atomic E-state index is 12.4. The van der Waals surface area contributed by atoms with Gasteiger partial charge >= 0.3 is 0 Å². The normalized spacial score (nSPS) is 16.5. The first-order valence-electron chi connectivity index (χ1n) is 9.03. The van der Waals surface area contributed by atoms with Crippen LogP contribution in [-0.2, 0) is 17.6 Å². The fourth-order valence-corrected chi connectivity index (χ4v) is 3.19.